The van der Waals surface area contributed by atoms with Gasteiger partial charge in [-0.15, -0.1) is 6.58 Å². The lowest BCUT2D eigenvalue weighted by Gasteiger charge is -2.34. The molecule has 0 radical (unpaired) electrons. The van der Waals surface area contributed by atoms with E-state index in [9.17, 15) is 19.2 Å². The van der Waals surface area contributed by atoms with Crippen molar-refractivity contribution in [2.24, 2.45) is 5.92 Å². The van der Waals surface area contributed by atoms with Crippen LogP contribution in [0, 0.1) is 19.8 Å². The average Bonchev–Trinajstić information content (AvgIpc) is 2.73. The van der Waals surface area contributed by atoms with Crippen LogP contribution in [-0.4, -0.2) is 60.6 Å². The second-order valence-corrected chi connectivity index (χ2v) is 10.2. The summed E-state index contributed by atoms with van der Waals surface area (Å²) in [4.78, 5) is 52.9. The molecule has 9 nitrogen and oxygen atoms in total. The molecule has 9 heteroatoms. The Morgan fingerprint density at radius 1 is 1.08 bits per heavy atom. The van der Waals surface area contributed by atoms with Crippen LogP contribution in [0.25, 0.3) is 0 Å². The van der Waals surface area contributed by atoms with Crippen molar-refractivity contribution in [3.05, 3.63) is 47.5 Å². The molecule has 0 aromatic heterocycles. The van der Waals surface area contributed by atoms with Gasteiger partial charge in [0.15, 0.2) is 0 Å². The quantitative estimate of drug-likeness (QED) is 0.352. The van der Waals surface area contributed by atoms with E-state index in [1.807, 2.05) is 45.9 Å². The summed E-state index contributed by atoms with van der Waals surface area (Å²) in [7, 11) is 1.22. The number of carbonyl (C=O) groups excluding carboxylic acids is 4. The van der Waals surface area contributed by atoms with E-state index in [1.165, 1.54) is 18.1 Å². The van der Waals surface area contributed by atoms with Crippen molar-refractivity contribution in [2.45, 2.75) is 72.6 Å². The lowest BCUT2D eigenvalue weighted by molar-refractivity contribution is -0.144. The summed E-state index contributed by atoms with van der Waals surface area (Å²) >= 11 is 0. The first kappa shape index (κ1) is 30.7. The number of ether oxygens (including phenoxy) is 2. The van der Waals surface area contributed by atoms with Crippen LogP contribution in [0.2, 0.25) is 0 Å². The van der Waals surface area contributed by atoms with Gasteiger partial charge in [-0.2, -0.15) is 0 Å². The number of esters is 1. The summed E-state index contributed by atoms with van der Waals surface area (Å²) in [6, 6.07) is 3.57. The van der Waals surface area contributed by atoms with E-state index in [0.717, 1.165) is 11.1 Å². The first-order chi connectivity index (χ1) is 16.7. The zero-order valence-electron chi connectivity index (χ0n) is 22.8. The minimum Gasteiger partial charge on any atom is -0.468 e. The first-order valence-electron chi connectivity index (χ1n) is 12.0. The minimum atomic E-state index is -1.08. The van der Waals surface area contributed by atoms with Crippen molar-refractivity contribution in [2.75, 3.05) is 20.2 Å². The number of benzene rings is 1. The van der Waals surface area contributed by atoms with Gasteiger partial charge in [0.05, 0.1) is 7.11 Å². The number of nitrogens with one attached hydrogen (secondary N) is 2. The summed E-state index contributed by atoms with van der Waals surface area (Å²) in [6.45, 7) is 16.3. The molecule has 0 aliphatic carbocycles. The maximum atomic E-state index is 13.9. The molecule has 2 atom stereocenters. The highest BCUT2D eigenvalue weighted by atomic mass is 16.6. The third-order valence-corrected chi connectivity index (χ3v) is 5.06. The fourth-order valence-electron chi connectivity index (χ4n) is 3.77. The zero-order valence-corrected chi connectivity index (χ0v) is 22.8. The fourth-order valence-corrected chi connectivity index (χ4v) is 3.77. The standard InChI is InChI=1S/C27H41N3O6/c1-10-11-30(25(33)21(12-17(2)3)29-26(34)36-27(6,7)8)23(24(32)28-16-22(31)35-9)20-14-18(4)13-19(5)15-20/h10,13-15,17,21,23H,1,11-12,16H2,2-9H3,(H,28,32)(H,29,34). The third kappa shape index (κ3) is 10.1. The molecule has 1 aromatic carbocycles. The number of hydrogen-bond donors (Lipinski definition) is 2. The molecule has 200 valence electrons. The van der Waals surface area contributed by atoms with E-state index < -0.39 is 41.6 Å². The molecule has 0 bridgehead atoms. The van der Waals surface area contributed by atoms with Gasteiger partial charge in [-0.25, -0.2) is 4.79 Å². The Kier molecular flexibility index (Phi) is 11.6. The largest absolute Gasteiger partial charge is 0.468 e. The van der Waals surface area contributed by atoms with Crippen LogP contribution in [0.15, 0.2) is 30.9 Å². The second-order valence-electron chi connectivity index (χ2n) is 10.2. The van der Waals surface area contributed by atoms with Crippen LogP contribution in [0.5, 0.6) is 0 Å². The number of rotatable bonds is 11. The number of amides is 3. The number of nitrogens with zero attached hydrogens (tertiary/aromatic N) is 1. The summed E-state index contributed by atoms with van der Waals surface area (Å²) in [5.74, 6) is -1.58. The van der Waals surface area contributed by atoms with E-state index in [0.29, 0.717) is 12.0 Å². The van der Waals surface area contributed by atoms with Gasteiger partial charge in [-0.3, -0.25) is 14.4 Å². The molecule has 0 saturated carbocycles. The Balaban J connectivity index is 3.49. The Labute approximate surface area is 214 Å². The minimum absolute atomic E-state index is 0.0345. The number of methoxy groups -OCH3 is 1. The lowest BCUT2D eigenvalue weighted by Crippen LogP contribution is -2.53. The van der Waals surface area contributed by atoms with Crippen molar-refractivity contribution >= 4 is 23.9 Å². The number of aryl methyl sites for hydroxylation is 2. The average molecular weight is 504 g/mol. The van der Waals surface area contributed by atoms with Crippen LogP contribution in [0.1, 0.15) is 63.8 Å². The first-order valence-corrected chi connectivity index (χ1v) is 12.0. The Morgan fingerprint density at radius 2 is 1.67 bits per heavy atom. The molecule has 1 rings (SSSR count). The van der Waals surface area contributed by atoms with Gasteiger partial charge in [-0.05, 0) is 52.5 Å². The highest BCUT2D eigenvalue weighted by Crippen LogP contribution is 2.26. The molecule has 0 spiro atoms. The van der Waals surface area contributed by atoms with Crippen molar-refractivity contribution in [1.29, 1.82) is 0 Å². The number of carbonyl (C=O) groups is 4. The lowest BCUT2D eigenvalue weighted by atomic mass is 9.97. The van der Waals surface area contributed by atoms with Gasteiger partial charge < -0.3 is 25.0 Å². The van der Waals surface area contributed by atoms with Crippen molar-refractivity contribution in [1.82, 2.24) is 15.5 Å². The predicted octanol–water partition coefficient (Wildman–Crippen LogP) is 3.59. The van der Waals surface area contributed by atoms with Crippen LogP contribution in [0.3, 0.4) is 0 Å². The molecule has 1 aromatic rings. The van der Waals surface area contributed by atoms with Crippen molar-refractivity contribution < 1.29 is 28.7 Å². The monoisotopic (exact) mass is 503 g/mol. The normalized spacial score (nSPS) is 12.8. The summed E-state index contributed by atoms with van der Waals surface area (Å²) in [5, 5.41) is 5.24. The van der Waals surface area contributed by atoms with E-state index >= 15 is 0 Å². The summed E-state index contributed by atoms with van der Waals surface area (Å²) in [6.07, 6.45) is 1.12. The van der Waals surface area contributed by atoms with E-state index in [2.05, 4.69) is 21.9 Å². The second kappa shape index (κ2) is 13.7. The smallest absolute Gasteiger partial charge is 0.408 e. The van der Waals surface area contributed by atoms with Crippen molar-refractivity contribution in [3.8, 4) is 0 Å². The Hall–Kier alpha value is -3.36. The van der Waals surface area contributed by atoms with Gasteiger partial charge in [0.25, 0.3) is 0 Å². The topological polar surface area (TPSA) is 114 Å². The molecular formula is C27H41N3O6. The molecule has 0 heterocycles. The Bertz CT molecular complexity index is 931. The molecular weight excluding hydrogens is 462 g/mol. The van der Waals surface area contributed by atoms with E-state index in [4.69, 9.17) is 4.74 Å². The van der Waals surface area contributed by atoms with Gasteiger partial charge >= 0.3 is 12.1 Å². The van der Waals surface area contributed by atoms with Crippen LogP contribution >= 0.6 is 0 Å². The molecule has 2 unspecified atom stereocenters. The molecule has 0 fully saturated rings. The highest BCUT2D eigenvalue weighted by Gasteiger charge is 2.36. The van der Waals surface area contributed by atoms with Crippen LogP contribution in [0.4, 0.5) is 4.79 Å². The number of alkyl carbamates (subject to hydrolysis) is 1. The highest BCUT2D eigenvalue weighted by molar-refractivity contribution is 5.93. The van der Waals surface area contributed by atoms with Gasteiger partial charge in [0.1, 0.15) is 24.2 Å². The van der Waals surface area contributed by atoms with E-state index in [1.54, 1.807) is 20.8 Å². The molecule has 2 N–H and O–H groups in total. The number of hydrogen-bond acceptors (Lipinski definition) is 6. The van der Waals surface area contributed by atoms with Gasteiger partial charge in [0, 0.05) is 6.54 Å². The molecule has 0 aliphatic heterocycles. The maximum Gasteiger partial charge on any atom is 0.408 e. The van der Waals surface area contributed by atoms with E-state index in [-0.39, 0.29) is 19.0 Å². The zero-order chi connectivity index (χ0) is 27.6. The van der Waals surface area contributed by atoms with Crippen LogP contribution < -0.4 is 10.6 Å². The molecule has 3 amide bonds. The Morgan fingerprint density at radius 3 is 2.14 bits per heavy atom. The van der Waals surface area contributed by atoms with Crippen LogP contribution in [-0.2, 0) is 23.9 Å². The molecule has 0 saturated heterocycles. The van der Waals surface area contributed by atoms with Gasteiger partial charge in [-0.1, -0.05) is 49.2 Å². The SMILES string of the molecule is C=CCN(C(=O)C(CC(C)C)NC(=O)OC(C)(C)C)C(C(=O)NCC(=O)OC)c1cc(C)cc(C)c1. The summed E-state index contributed by atoms with van der Waals surface area (Å²) < 4.78 is 10.0. The predicted molar refractivity (Wildman–Crippen MR) is 138 cm³/mol. The summed E-state index contributed by atoms with van der Waals surface area (Å²) in [5.41, 5.74) is 1.65. The fraction of sp³-hybridized carbons (Fsp3) is 0.556. The van der Waals surface area contributed by atoms with Crippen molar-refractivity contribution in [3.63, 3.8) is 0 Å². The molecule has 36 heavy (non-hydrogen) atoms. The third-order valence-electron chi connectivity index (χ3n) is 5.06. The van der Waals surface area contributed by atoms with Gasteiger partial charge in [0.2, 0.25) is 11.8 Å². The molecule has 0 aliphatic rings. The maximum absolute atomic E-state index is 13.9.